The van der Waals surface area contributed by atoms with Crippen LogP contribution in [-0.4, -0.2) is 64.1 Å². The summed E-state index contributed by atoms with van der Waals surface area (Å²) in [5, 5.41) is 6.88. The molecule has 1 saturated heterocycles. The molecule has 2 N–H and O–H groups in total. The van der Waals surface area contributed by atoms with Gasteiger partial charge in [-0.3, -0.25) is 9.79 Å². The molecule has 0 amide bonds. The van der Waals surface area contributed by atoms with E-state index in [2.05, 4.69) is 15.6 Å². The smallest absolute Gasteiger partial charge is 0.308 e. The first-order valence-corrected chi connectivity index (χ1v) is 9.39. The molecule has 2 fully saturated rings. The number of nitrogens with one attached hydrogen (secondary N) is 2. The van der Waals surface area contributed by atoms with Gasteiger partial charge in [-0.2, -0.15) is 0 Å². The maximum absolute atomic E-state index is 11.8. The molecule has 152 valence electrons. The topological polar surface area (TPSA) is 81.2 Å². The third-order valence-electron chi connectivity index (χ3n) is 5.33. The number of aliphatic imine (C=N–C) groups is 1. The van der Waals surface area contributed by atoms with Crippen LogP contribution in [0.25, 0.3) is 0 Å². The molecule has 1 aliphatic heterocycles. The minimum Gasteiger partial charge on any atom is -0.466 e. The van der Waals surface area contributed by atoms with Crippen molar-refractivity contribution in [2.45, 2.75) is 57.1 Å². The lowest BCUT2D eigenvalue weighted by molar-refractivity contribution is -0.149. The van der Waals surface area contributed by atoms with Crippen molar-refractivity contribution in [3.05, 3.63) is 0 Å². The normalized spacial score (nSPS) is 25.7. The Bertz CT molecular complexity index is 448. The fourth-order valence-corrected chi connectivity index (χ4v) is 3.56. The number of halogens is 1. The second-order valence-electron chi connectivity index (χ2n) is 6.87. The van der Waals surface area contributed by atoms with Gasteiger partial charge in [0.1, 0.15) is 0 Å². The number of hydrogen-bond donors (Lipinski definition) is 2. The quantitative estimate of drug-likeness (QED) is 0.261. The molecule has 0 atom stereocenters. The van der Waals surface area contributed by atoms with Crippen molar-refractivity contribution in [3.63, 3.8) is 0 Å². The number of guanidine groups is 1. The molecule has 0 aromatic rings. The molecule has 2 aliphatic rings. The molecule has 26 heavy (non-hydrogen) atoms. The van der Waals surface area contributed by atoms with Crippen LogP contribution in [0.2, 0.25) is 0 Å². The molecule has 1 aliphatic carbocycles. The monoisotopic (exact) mass is 483 g/mol. The fraction of sp³-hybridized carbons (Fsp3) is 0.889. The van der Waals surface area contributed by atoms with E-state index < -0.39 is 0 Å². The van der Waals surface area contributed by atoms with Gasteiger partial charge in [-0.05, 0) is 32.6 Å². The first-order valence-electron chi connectivity index (χ1n) is 9.39. The summed E-state index contributed by atoms with van der Waals surface area (Å²) < 4.78 is 16.3. The van der Waals surface area contributed by atoms with Gasteiger partial charge in [0.25, 0.3) is 0 Å². The molecule has 0 aromatic carbocycles. The lowest BCUT2D eigenvalue weighted by Gasteiger charge is -2.37. The predicted octanol–water partition coefficient (Wildman–Crippen LogP) is 2.09. The van der Waals surface area contributed by atoms with Crippen molar-refractivity contribution >= 4 is 35.9 Å². The van der Waals surface area contributed by atoms with Crippen LogP contribution in [0.3, 0.4) is 0 Å². The summed E-state index contributed by atoms with van der Waals surface area (Å²) in [6.07, 6.45) is 5.41. The first-order chi connectivity index (χ1) is 12.1. The molecule has 0 unspecified atom stereocenters. The number of carbonyl (C=O) groups is 1. The molecule has 0 bridgehead atoms. The Morgan fingerprint density at radius 1 is 1.23 bits per heavy atom. The van der Waals surface area contributed by atoms with E-state index >= 15 is 0 Å². The lowest BCUT2D eigenvalue weighted by Crippen LogP contribution is -2.52. The maximum Gasteiger partial charge on any atom is 0.308 e. The van der Waals surface area contributed by atoms with Crippen molar-refractivity contribution in [1.82, 2.24) is 10.6 Å². The van der Waals surface area contributed by atoms with E-state index in [1.54, 1.807) is 14.2 Å². The van der Waals surface area contributed by atoms with Gasteiger partial charge in [0.05, 0.1) is 18.1 Å². The molecular weight excluding hydrogens is 449 g/mol. The summed E-state index contributed by atoms with van der Waals surface area (Å²) in [6, 6.07) is 0.338. The molecule has 8 heteroatoms. The zero-order valence-corrected chi connectivity index (χ0v) is 18.5. The molecule has 1 saturated carbocycles. The number of hydrogen-bond acceptors (Lipinski definition) is 5. The number of carbonyl (C=O) groups excluding carboxylic acids is 1. The van der Waals surface area contributed by atoms with E-state index in [1.165, 1.54) is 0 Å². The van der Waals surface area contributed by atoms with Crippen molar-refractivity contribution < 1.29 is 19.0 Å². The third kappa shape index (κ3) is 6.84. The highest BCUT2D eigenvalue weighted by atomic mass is 127. The number of rotatable bonds is 6. The standard InChI is InChI=1S/C18H33N3O4.HI/c1-4-25-16(22)14-5-7-15(8-6-14)21-17(19-2)20-13-18(23-3)9-11-24-12-10-18;/h14-15H,4-13H2,1-3H3,(H2,19,20,21);1H. The van der Waals surface area contributed by atoms with Gasteiger partial charge in [-0.1, -0.05) is 0 Å². The average Bonchev–Trinajstić information content (AvgIpc) is 2.66. The van der Waals surface area contributed by atoms with Gasteiger partial charge in [0, 0.05) is 52.8 Å². The molecule has 0 radical (unpaired) electrons. The number of methoxy groups -OCH3 is 1. The SMILES string of the molecule is CCOC(=O)C1CCC(NC(=NC)NCC2(OC)CCOCC2)CC1.I. The van der Waals surface area contributed by atoms with Gasteiger partial charge < -0.3 is 24.8 Å². The second kappa shape index (κ2) is 12.0. The van der Waals surface area contributed by atoms with E-state index in [9.17, 15) is 4.79 Å². The highest BCUT2D eigenvalue weighted by Gasteiger charge is 2.33. The van der Waals surface area contributed by atoms with Crippen LogP contribution in [-0.2, 0) is 19.0 Å². The minimum atomic E-state index is -0.183. The van der Waals surface area contributed by atoms with Crippen LogP contribution in [0.5, 0.6) is 0 Å². The number of ether oxygens (including phenoxy) is 3. The van der Waals surface area contributed by atoms with Gasteiger partial charge in [-0.25, -0.2) is 0 Å². The second-order valence-corrected chi connectivity index (χ2v) is 6.87. The van der Waals surface area contributed by atoms with Crippen molar-refractivity contribution in [2.24, 2.45) is 10.9 Å². The van der Waals surface area contributed by atoms with Gasteiger partial charge in [0.2, 0.25) is 0 Å². The van der Waals surface area contributed by atoms with E-state index in [1.807, 2.05) is 6.92 Å². The Morgan fingerprint density at radius 2 is 1.88 bits per heavy atom. The fourth-order valence-electron chi connectivity index (χ4n) is 3.56. The summed E-state index contributed by atoms with van der Waals surface area (Å²) in [4.78, 5) is 16.2. The first kappa shape index (κ1) is 23.4. The van der Waals surface area contributed by atoms with E-state index in [0.717, 1.165) is 57.7 Å². The van der Waals surface area contributed by atoms with Gasteiger partial charge in [-0.15, -0.1) is 24.0 Å². The summed E-state index contributed by atoms with van der Waals surface area (Å²) in [5.74, 6) is 0.791. The van der Waals surface area contributed by atoms with Crippen molar-refractivity contribution in [2.75, 3.05) is 40.5 Å². The van der Waals surface area contributed by atoms with E-state index in [4.69, 9.17) is 14.2 Å². The summed E-state index contributed by atoms with van der Waals surface area (Å²) in [5.41, 5.74) is -0.183. The molecule has 0 aromatic heterocycles. The zero-order valence-electron chi connectivity index (χ0n) is 16.2. The molecule has 7 nitrogen and oxygen atoms in total. The minimum absolute atomic E-state index is 0. The Labute approximate surface area is 174 Å². The Balaban J connectivity index is 0.00000338. The molecular formula is C18H34IN3O4. The number of esters is 1. The molecule has 2 rings (SSSR count). The van der Waals surface area contributed by atoms with Crippen LogP contribution in [0.4, 0.5) is 0 Å². The van der Waals surface area contributed by atoms with Crippen LogP contribution in [0.1, 0.15) is 45.4 Å². The van der Waals surface area contributed by atoms with Crippen molar-refractivity contribution in [3.8, 4) is 0 Å². The van der Waals surface area contributed by atoms with Gasteiger partial charge >= 0.3 is 5.97 Å². The van der Waals surface area contributed by atoms with Crippen molar-refractivity contribution in [1.29, 1.82) is 0 Å². The summed E-state index contributed by atoms with van der Waals surface area (Å²) >= 11 is 0. The highest BCUT2D eigenvalue weighted by Crippen LogP contribution is 2.26. The average molecular weight is 483 g/mol. The highest BCUT2D eigenvalue weighted by molar-refractivity contribution is 14.0. The molecule has 1 heterocycles. The van der Waals surface area contributed by atoms with E-state index in [0.29, 0.717) is 19.2 Å². The Morgan fingerprint density at radius 3 is 2.42 bits per heavy atom. The van der Waals surface area contributed by atoms with Crippen LogP contribution >= 0.6 is 24.0 Å². The lowest BCUT2D eigenvalue weighted by atomic mass is 9.86. The summed E-state index contributed by atoms with van der Waals surface area (Å²) in [6.45, 7) is 4.50. The van der Waals surface area contributed by atoms with E-state index in [-0.39, 0.29) is 41.5 Å². The predicted molar refractivity (Wildman–Crippen MR) is 112 cm³/mol. The largest absolute Gasteiger partial charge is 0.466 e. The van der Waals surface area contributed by atoms with Crippen LogP contribution in [0.15, 0.2) is 4.99 Å². The number of nitrogens with zero attached hydrogens (tertiary/aromatic N) is 1. The maximum atomic E-state index is 11.8. The van der Waals surface area contributed by atoms with Gasteiger partial charge in [0.15, 0.2) is 5.96 Å². The Hall–Kier alpha value is -0.610. The third-order valence-corrected chi connectivity index (χ3v) is 5.33. The van der Waals surface area contributed by atoms with Crippen LogP contribution in [0, 0.1) is 5.92 Å². The van der Waals surface area contributed by atoms with Crippen LogP contribution < -0.4 is 10.6 Å². The zero-order chi connectivity index (χ0) is 18.1. The Kier molecular flexibility index (Phi) is 10.8. The summed E-state index contributed by atoms with van der Waals surface area (Å²) in [7, 11) is 3.54. The molecule has 0 spiro atoms.